The number of amides is 1. The van der Waals surface area contributed by atoms with Crippen LogP contribution in [0, 0.1) is 0 Å². The van der Waals surface area contributed by atoms with Crippen molar-refractivity contribution < 1.29 is 36.0 Å². The van der Waals surface area contributed by atoms with Gasteiger partial charge in [-0.25, -0.2) is 9.78 Å². The fourth-order valence-electron chi connectivity index (χ4n) is 2.55. The van der Waals surface area contributed by atoms with Gasteiger partial charge in [-0.05, 0) is 17.7 Å². The molecule has 33 heavy (non-hydrogen) atoms. The van der Waals surface area contributed by atoms with Crippen molar-refractivity contribution in [2.45, 2.75) is 13.5 Å². The van der Waals surface area contributed by atoms with Crippen LogP contribution in [-0.4, -0.2) is 47.5 Å². The summed E-state index contributed by atoms with van der Waals surface area (Å²) in [6, 6.07) is 19.0. The average molecular weight is 518 g/mol. The number of benzene rings is 2. The fraction of sp³-hybridized carbons (Fsp3) is 0.136. The molecule has 1 atom stereocenters. The zero-order valence-electron chi connectivity index (χ0n) is 17.9. The van der Waals surface area contributed by atoms with Gasteiger partial charge in [0.2, 0.25) is 0 Å². The van der Waals surface area contributed by atoms with Gasteiger partial charge < -0.3 is 9.47 Å². The molecule has 10 nitrogen and oxygen atoms in total. The third kappa shape index (κ3) is 7.89. The van der Waals surface area contributed by atoms with Crippen LogP contribution in [0.25, 0.3) is 0 Å². The first-order valence-electron chi connectivity index (χ1n) is 9.51. The summed E-state index contributed by atoms with van der Waals surface area (Å²) >= 11 is -4.92. The van der Waals surface area contributed by atoms with E-state index in [4.69, 9.17) is 9.99 Å². The van der Waals surface area contributed by atoms with Crippen molar-refractivity contribution in [3.05, 3.63) is 84.2 Å². The van der Waals surface area contributed by atoms with Crippen LogP contribution in [0.2, 0.25) is 0 Å². The number of carbonyl (C=O) groups is 2. The molecule has 1 amide bonds. The van der Waals surface area contributed by atoms with Crippen molar-refractivity contribution in [1.29, 1.82) is 0 Å². The summed E-state index contributed by atoms with van der Waals surface area (Å²) in [5.41, 5.74) is 1.37. The number of carbonyl (C=O) groups excluding carboxylic acids is 2. The predicted octanol–water partition coefficient (Wildman–Crippen LogP) is 2.15. The zero-order valence-corrected chi connectivity index (χ0v) is 19.8. The normalized spacial score (nSPS) is 11.9. The van der Waals surface area contributed by atoms with E-state index in [0.29, 0.717) is 12.4 Å². The van der Waals surface area contributed by atoms with Crippen molar-refractivity contribution in [3.8, 4) is 5.75 Å². The largest absolute Gasteiger partial charge is 0.486 e. The Morgan fingerprint density at radius 1 is 1.03 bits per heavy atom. The molecule has 0 spiro atoms. The molecule has 0 aliphatic heterocycles. The molecule has 174 valence electrons. The number of hydrogen-bond acceptors (Lipinski definition) is 8. The van der Waals surface area contributed by atoms with E-state index < -0.39 is 20.1 Å². The van der Waals surface area contributed by atoms with Gasteiger partial charge in [-0.2, -0.15) is 0 Å². The second-order valence-corrected chi connectivity index (χ2v) is 9.95. The molecule has 0 fully saturated rings. The standard InChI is InChI=1S/C14H13NO3.C8H10AsNO5/c1-17-14(16)13-12(8-5-9-15-13)18-10-11-6-3-2-4-7-11;1-6(11)10-8-5-3-2-4-7(8)9(12,13)15-14/h2-9H,10H2,1H3;2-5,14H,1H3,(H,10,11)(H,12,13). The number of esters is 1. The Labute approximate surface area is 193 Å². The average Bonchev–Trinajstić information content (AvgIpc) is 2.83. The van der Waals surface area contributed by atoms with Crippen molar-refractivity contribution in [3.63, 3.8) is 0 Å². The zero-order chi connectivity index (χ0) is 24.3. The van der Waals surface area contributed by atoms with Crippen molar-refractivity contribution >= 4 is 36.1 Å². The first kappa shape index (κ1) is 25.8. The molecular weight excluding hydrogens is 495 g/mol. The van der Waals surface area contributed by atoms with E-state index in [0.717, 1.165) is 5.56 Å². The monoisotopic (exact) mass is 518 g/mol. The van der Waals surface area contributed by atoms with Crippen LogP contribution in [0.1, 0.15) is 23.0 Å². The third-order valence-electron chi connectivity index (χ3n) is 4.02. The predicted molar refractivity (Wildman–Crippen MR) is 119 cm³/mol. The van der Waals surface area contributed by atoms with E-state index in [1.807, 2.05) is 30.3 Å². The number of aromatic nitrogens is 1. The SMILES string of the molecule is CC(=O)Nc1ccccc1[As](=O)(O)OO.COC(=O)c1ncccc1OCc1ccccc1. The molecule has 3 aromatic rings. The molecule has 0 aliphatic carbocycles. The number of ether oxygens (including phenoxy) is 2. The second kappa shape index (κ2) is 12.6. The van der Waals surface area contributed by atoms with E-state index in [9.17, 15) is 17.4 Å². The minimum atomic E-state index is -4.92. The number of nitrogens with zero attached hydrogens (tertiary/aromatic N) is 1. The molecule has 0 aliphatic rings. The molecule has 1 aromatic heterocycles. The van der Waals surface area contributed by atoms with Gasteiger partial charge in [0.1, 0.15) is 6.61 Å². The van der Waals surface area contributed by atoms with Gasteiger partial charge in [-0.15, -0.1) is 0 Å². The van der Waals surface area contributed by atoms with Crippen LogP contribution >= 0.6 is 0 Å². The Balaban J connectivity index is 0.000000238. The van der Waals surface area contributed by atoms with E-state index in [1.54, 1.807) is 18.2 Å². The fourth-order valence-corrected chi connectivity index (χ4v) is 4.22. The van der Waals surface area contributed by atoms with E-state index >= 15 is 0 Å². The number of para-hydroxylation sites is 1. The summed E-state index contributed by atoms with van der Waals surface area (Å²) in [4.78, 5) is 26.2. The Kier molecular flexibility index (Phi) is 9.83. The van der Waals surface area contributed by atoms with Gasteiger partial charge in [-0.3, -0.25) is 0 Å². The number of pyridine rings is 1. The third-order valence-corrected chi connectivity index (χ3v) is 6.58. The maximum absolute atomic E-state index is 11.5. The molecule has 2 aromatic carbocycles. The quantitative estimate of drug-likeness (QED) is 0.185. The van der Waals surface area contributed by atoms with Crippen LogP contribution in [0.15, 0.2) is 72.9 Å². The molecule has 11 heteroatoms. The summed E-state index contributed by atoms with van der Waals surface area (Å²) in [7, 11) is 1.32. The smallest absolute Gasteiger partial charge is 0.360 e. The first-order valence-corrected chi connectivity index (χ1v) is 12.8. The van der Waals surface area contributed by atoms with Gasteiger partial charge in [0.05, 0.1) is 7.11 Å². The minimum Gasteiger partial charge on any atom is -0.486 e. The van der Waals surface area contributed by atoms with E-state index in [2.05, 4.69) is 18.9 Å². The molecule has 3 rings (SSSR count). The Hall–Kier alpha value is -3.43. The molecule has 3 N–H and O–H groups in total. The molecule has 1 unspecified atom stereocenters. The van der Waals surface area contributed by atoms with Crippen LogP contribution < -0.4 is 14.4 Å². The number of rotatable bonds is 7. The summed E-state index contributed by atoms with van der Waals surface area (Å²) in [6.45, 7) is 1.65. The van der Waals surface area contributed by atoms with Crippen molar-refractivity contribution in [1.82, 2.24) is 4.98 Å². The van der Waals surface area contributed by atoms with Gasteiger partial charge >= 0.3 is 94.4 Å². The number of methoxy groups -OCH3 is 1. The Morgan fingerprint density at radius 2 is 1.70 bits per heavy atom. The number of hydrogen-bond donors (Lipinski definition) is 3. The Morgan fingerprint density at radius 3 is 2.33 bits per heavy atom. The maximum Gasteiger partial charge on any atom is 0.360 e. The molecule has 0 bridgehead atoms. The molecule has 1 heterocycles. The second-order valence-electron chi connectivity index (χ2n) is 6.42. The summed E-state index contributed by atoms with van der Waals surface area (Å²) in [5, 5.41) is 10.7. The summed E-state index contributed by atoms with van der Waals surface area (Å²) in [6.07, 6.45) is 1.53. The van der Waals surface area contributed by atoms with Crippen LogP contribution in [0.3, 0.4) is 0 Å². The van der Waals surface area contributed by atoms with Gasteiger partial charge in [0, 0.05) is 6.20 Å². The van der Waals surface area contributed by atoms with Crippen LogP contribution in [0.5, 0.6) is 5.75 Å². The number of nitrogens with one attached hydrogen (secondary N) is 1. The van der Waals surface area contributed by atoms with E-state index in [-0.39, 0.29) is 21.6 Å². The topological polar surface area (TPSA) is 144 Å². The van der Waals surface area contributed by atoms with Crippen LogP contribution in [-0.2, 0) is 23.8 Å². The maximum atomic E-state index is 11.5. The molecule has 0 radical (unpaired) electrons. The molecular formula is C22H23AsN2O8. The van der Waals surface area contributed by atoms with E-state index in [1.165, 1.54) is 38.4 Å². The van der Waals surface area contributed by atoms with Crippen molar-refractivity contribution in [2.24, 2.45) is 0 Å². The summed E-state index contributed by atoms with van der Waals surface area (Å²) < 4.78 is 34.4. The van der Waals surface area contributed by atoms with Gasteiger partial charge in [-0.1, -0.05) is 30.3 Å². The van der Waals surface area contributed by atoms with Crippen molar-refractivity contribution in [2.75, 3.05) is 12.4 Å². The Bertz CT molecular complexity index is 1120. The minimum absolute atomic E-state index is 0.103. The van der Waals surface area contributed by atoms with Crippen LogP contribution in [0.4, 0.5) is 5.69 Å². The first-order chi connectivity index (χ1) is 15.8. The summed E-state index contributed by atoms with van der Waals surface area (Å²) in [5.74, 6) is -0.456. The molecule has 0 saturated heterocycles. The van der Waals surface area contributed by atoms with Gasteiger partial charge in [0.15, 0.2) is 11.4 Å². The number of anilines is 1. The van der Waals surface area contributed by atoms with Gasteiger partial charge in [0.25, 0.3) is 0 Å². The molecule has 0 saturated carbocycles.